The summed E-state index contributed by atoms with van der Waals surface area (Å²) in [4.78, 5) is 6.22. The van der Waals surface area contributed by atoms with Crippen LogP contribution in [0.2, 0.25) is 0 Å². The quantitative estimate of drug-likeness (QED) is 0.784. The summed E-state index contributed by atoms with van der Waals surface area (Å²) >= 11 is 0. The zero-order valence-electron chi connectivity index (χ0n) is 8.57. The highest BCUT2D eigenvalue weighted by atomic mass is 16.4. The van der Waals surface area contributed by atoms with Crippen molar-refractivity contribution in [3.8, 4) is 0 Å². The predicted octanol–water partition coefficient (Wildman–Crippen LogP) is 1.11. The molecule has 1 saturated heterocycles. The number of hydrogen-bond acceptors (Lipinski definition) is 4. The monoisotopic (exact) mass is 195 g/mol. The molecule has 1 aliphatic heterocycles. The molecule has 0 radical (unpaired) electrons. The van der Waals surface area contributed by atoms with Gasteiger partial charge < -0.3 is 14.6 Å². The van der Waals surface area contributed by atoms with E-state index in [1.165, 1.54) is 12.8 Å². The molecule has 1 aromatic rings. The maximum atomic E-state index is 5.24. The second-order valence-corrected chi connectivity index (χ2v) is 3.89. The Morgan fingerprint density at radius 2 is 2.36 bits per heavy atom. The molecule has 0 saturated carbocycles. The lowest BCUT2D eigenvalue weighted by atomic mass is 9.98. The Morgan fingerprint density at radius 1 is 1.57 bits per heavy atom. The van der Waals surface area contributed by atoms with Crippen LogP contribution in [-0.2, 0) is 0 Å². The second-order valence-electron chi connectivity index (χ2n) is 3.89. The third-order valence-electron chi connectivity index (χ3n) is 2.74. The van der Waals surface area contributed by atoms with E-state index in [1.54, 1.807) is 12.5 Å². The fraction of sp³-hybridized carbons (Fsp3) is 0.700. The van der Waals surface area contributed by atoms with E-state index in [2.05, 4.69) is 15.2 Å². The van der Waals surface area contributed by atoms with Crippen molar-refractivity contribution in [1.82, 2.24) is 10.3 Å². The van der Waals surface area contributed by atoms with Gasteiger partial charge in [0, 0.05) is 13.6 Å². The van der Waals surface area contributed by atoms with Gasteiger partial charge in [0.15, 0.2) is 0 Å². The number of aromatic nitrogens is 1. The van der Waals surface area contributed by atoms with Crippen LogP contribution >= 0.6 is 0 Å². The van der Waals surface area contributed by atoms with Gasteiger partial charge in [0.25, 0.3) is 6.01 Å². The Kier molecular flexibility index (Phi) is 3.03. The van der Waals surface area contributed by atoms with Gasteiger partial charge in [0.2, 0.25) is 0 Å². The van der Waals surface area contributed by atoms with Crippen LogP contribution in [-0.4, -0.2) is 31.7 Å². The van der Waals surface area contributed by atoms with Gasteiger partial charge >= 0.3 is 0 Å². The first-order valence-corrected chi connectivity index (χ1v) is 5.17. The third kappa shape index (κ3) is 2.26. The van der Waals surface area contributed by atoms with Gasteiger partial charge in [-0.25, -0.2) is 4.98 Å². The maximum Gasteiger partial charge on any atom is 0.296 e. The Balaban J connectivity index is 1.84. The molecule has 0 spiro atoms. The van der Waals surface area contributed by atoms with Crippen molar-refractivity contribution in [2.75, 3.05) is 31.6 Å². The highest BCUT2D eigenvalue weighted by Crippen LogP contribution is 2.16. The number of nitrogens with one attached hydrogen (secondary N) is 1. The smallest absolute Gasteiger partial charge is 0.296 e. The molecule has 14 heavy (non-hydrogen) atoms. The molecule has 2 rings (SSSR count). The van der Waals surface area contributed by atoms with Crippen LogP contribution in [0, 0.1) is 5.92 Å². The number of hydrogen-bond donors (Lipinski definition) is 1. The summed E-state index contributed by atoms with van der Waals surface area (Å²) in [6.07, 6.45) is 5.82. The van der Waals surface area contributed by atoms with Gasteiger partial charge in [0.1, 0.15) is 6.26 Å². The summed E-state index contributed by atoms with van der Waals surface area (Å²) in [6.45, 7) is 3.33. The number of nitrogens with zero attached hydrogens (tertiary/aromatic N) is 2. The molecule has 1 aliphatic rings. The van der Waals surface area contributed by atoms with Gasteiger partial charge in [-0.3, -0.25) is 0 Å². The van der Waals surface area contributed by atoms with Gasteiger partial charge in [-0.15, -0.1) is 0 Å². The van der Waals surface area contributed by atoms with Gasteiger partial charge in [-0.2, -0.15) is 0 Å². The molecule has 4 heteroatoms. The Hall–Kier alpha value is -1.03. The van der Waals surface area contributed by atoms with Crippen molar-refractivity contribution in [2.24, 2.45) is 5.92 Å². The van der Waals surface area contributed by atoms with Crippen LogP contribution in [0.3, 0.4) is 0 Å². The Morgan fingerprint density at radius 3 is 3.00 bits per heavy atom. The SMILES string of the molecule is CN(CC1CCNCC1)c1ncco1. The van der Waals surface area contributed by atoms with Crippen LogP contribution in [0.15, 0.2) is 16.9 Å². The van der Waals surface area contributed by atoms with Gasteiger partial charge in [0.05, 0.1) is 6.20 Å². The molecule has 78 valence electrons. The summed E-state index contributed by atoms with van der Waals surface area (Å²) in [5.41, 5.74) is 0. The average Bonchev–Trinajstić information content (AvgIpc) is 2.72. The minimum Gasteiger partial charge on any atom is -0.432 e. The molecule has 4 nitrogen and oxygen atoms in total. The van der Waals surface area contributed by atoms with Crippen LogP contribution in [0.25, 0.3) is 0 Å². The van der Waals surface area contributed by atoms with Gasteiger partial charge in [-0.05, 0) is 31.8 Å². The van der Waals surface area contributed by atoms with E-state index < -0.39 is 0 Å². The lowest BCUT2D eigenvalue weighted by Crippen LogP contribution is -2.34. The summed E-state index contributed by atoms with van der Waals surface area (Å²) in [5.74, 6) is 0.771. The Bertz CT molecular complexity index is 254. The average molecular weight is 195 g/mol. The fourth-order valence-electron chi connectivity index (χ4n) is 1.93. The first-order valence-electron chi connectivity index (χ1n) is 5.17. The molecule has 1 N–H and O–H groups in total. The first-order chi connectivity index (χ1) is 6.86. The third-order valence-corrected chi connectivity index (χ3v) is 2.74. The molecule has 0 aromatic carbocycles. The van der Waals surface area contributed by atoms with Crippen molar-refractivity contribution in [3.63, 3.8) is 0 Å². The summed E-state index contributed by atoms with van der Waals surface area (Å²) in [6, 6.07) is 0.725. The van der Waals surface area contributed by atoms with E-state index in [9.17, 15) is 0 Å². The molecule has 0 unspecified atom stereocenters. The predicted molar refractivity (Wildman–Crippen MR) is 55.4 cm³/mol. The van der Waals surface area contributed by atoms with Gasteiger partial charge in [-0.1, -0.05) is 0 Å². The van der Waals surface area contributed by atoms with E-state index in [-0.39, 0.29) is 0 Å². The maximum absolute atomic E-state index is 5.24. The van der Waals surface area contributed by atoms with Crippen molar-refractivity contribution in [3.05, 3.63) is 12.5 Å². The molecule has 1 aromatic heterocycles. The van der Waals surface area contributed by atoms with E-state index in [1.807, 2.05) is 7.05 Å². The molecular formula is C10H17N3O. The summed E-state index contributed by atoms with van der Waals surface area (Å²) < 4.78 is 5.24. The normalized spacial score (nSPS) is 18.4. The lowest BCUT2D eigenvalue weighted by Gasteiger charge is -2.26. The molecule has 0 amide bonds. The Labute approximate surface area is 84.3 Å². The van der Waals surface area contributed by atoms with Crippen molar-refractivity contribution >= 4 is 6.01 Å². The topological polar surface area (TPSA) is 41.3 Å². The summed E-state index contributed by atoms with van der Waals surface area (Å²) in [7, 11) is 2.04. The summed E-state index contributed by atoms with van der Waals surface area (Å²) in [5, 5.41) is 3.37. The van der Waals surface area contributed by atoms with E-state index in [0.29, 0.717) is 0 Å². The number of rotatable bonds is 3. The zero-order chi connectivity index (χ0) is 9.80. The van der Waals surface area contributed by atoms with Crippen molar-refractivity contribution in [2.45, 2.75) is 12.8 Å². The molecule has 0 atom stereocenters. The molecule has 0 bridgehead atoms. The first kappa shape index (κ1) is 9.52. The standard InChI is InChI=1S/C10H17N3O/c1-13(10-12-6-7-14-10)8-9-2-4-11-5-3-9/h6-7,9,11H,2-5,8H2,1H3. The van der Waals surface area contributed by atoms with Crippen LogP contribution < -0.4 is 10.2 Å². The van der Waals surface area contributed by atoms with Crippen LogP contribution in [0.4, 0.5) is 6.01 Å². The molecule has 1 fully saturated rings. The van der Waals surface area contributed by atoms with Crippen molar-refractivity contribution < 1.29 is 4.42 Å². The molecular weight excluding hydrogens is 178 g/mol. The van der Waals surface area contributed by atoms with Crippen LogP contribution in [0.5, 0.6) is 0 Å². The minimum absolute atomic E-state index is 0.725. The lowest BCUT2D eigenvalue weighted by molar-refractivity contribution is 0.371. The molecule has 2 heterocycles. The zero-order valence-corrected chi connectivity index (χ0v) is 8.57. The van der Waals surface area contributed by atoms with Crippen molar-refractivity contribution in [1.29, 1.82) is 0 Å². The number of anilines is 1. The fourth-order valence-corrected chi connectivity index (χ4v) is 1.93. The number of piperidine rings is 1. The highest BCUT2D eigenvalue weighted by molar-refractivity contribution is 5.22. The van der Waals surface area contributed by atoms with Crippen LogP contribution in [0.1, 0.15) is 12.8 Å². The second kappa shape index (κ2) is 4.46. The van der Waals surface area contributed by atoms with E-state index >= 15 is 0 Å². The minimum atomic E-state index is 0.725. The largest absolute Gasteiger partial charge is 0.432 e. The highest BCUT2D eigenvalue weighted by Gasteiger charge is 2.16. The molecule has 0 aliphatic carbocycles. The number of oxazole rings is 1. The van der Waals surface area contributed by atoms with E-state index in [0.717, 1.165) is 31.6 Å². The van der Waals surface area contributed by atoms with E-state index in [4.69, 9.17) is 4.42 Å².